The van der Waals surface area contributed by atoms with Crippen molar-refractivity contribution in [1.29, 1.82) is 0 Å². The van der Waals surface area contributed by atoms with Crippen LogP contribution in [0.2, 0.25) is 0 Å². The van der Waals surface area contributed by atoms with E-state index in [9.17, 15) is 14.0 Å². The molecule has 2 aromatic carbocycles. The summed E-state index contributed by atoms with van der Waals surface area (Å²) < 4.78 is 29.7. The van der Waals surface area contributed by atoms with E-state index in [0.29, 0.717) is 11.5 Å². The number of hydrogen-bond donors (Lipinski definition) is 1. The predicted molar refractivity (Wildman–Crippen MR) is 97.7 cm³/mol. The molecular formula is C20H22FNO5. The van der Waals surface area contributed by atoms with Crippen LogP contribution in [0.4, 0.5) is 4.39 Å². The summed E-state index contributed by atoms with van der Waals surface area (Å²) in [6.07, 6.45) is 0. The molecule has 7 heteroatoms. The molecule has 0 saturated heterocycles. The molecule has 1 amide bonds. The van der Waals surface area contributed by atoms with E-state index >= 15 is 0 Å². The maximum Gasteiger partial charge on any atom is 0.334 e. The topological polar surface area (TPSA) is 73.9 Å². The summed E-state index contributed by atoms with van der Waals surface area (Å²) in [5.74, 6) is -1.64. The number of carbonyl (C=O) groups is 2. The van der Waals surface area contributed by atoms with Gasteiger partial charge in [-0.05, 0) is 30.2 Å². The molecule has 0 aromatic heterocycles. The van der Waals surface area contributed by atoms with Gasteiger partial charge in [0.15, 0.2) is 11.5 Å². The summed E-state index contributed by atoms with van der Waals surface area (Å²) in [7, 11) is 2.87. The molecule has 2 aromatic rings. The Morgan fingerprint density at radius 1 is 0.963 bits per heavy atom. The van der Waals surface area contributed by atoms with Crippen molar-refractivity contribution in [2.24, 2.45) is 5.92 Å². The molecule has 0 fully saturated rings. The number of carbonyl (C=O) groups excluding carboxylic acids is 2. The number of esters is 1. The molecule has 0 aliphatic carbocycles. The normalized spacial score (nSPS) is 11.6. The second-order valence-electron chi connectivity index (χ2n) is 6.09. The van der Waals surface area contributed by atoms with E-state index in [0.717, 1.165) is 0 Å². The van der Waals surface area contributed by atoms with Crippen LogP contribution >= 0.6 is 0 Å². The third-order valence-corrected chi connectivity index (χ3v) is 3.91. The number of hydrogen-bond acceptors (Lipinski definition) is 5. The largest absolute Gasteiger partial charge is 0.493 e. The van der Waals surface area contributed by atoms with Crippen LogP contribution in [0.5, 0.6) is 17.2 Å². The van der Waals surface area contributed by atoms with Gasteiger partial charge in [-0.15, -0.1) is 0 Å². The van der Waals surface area contributed by atoms with Crippen molar-refractivity contribution in [2.75, 3.05) is 14.2 Å². The number of amides is 1. The molecule has 6 nitrogen and oxygen atoms in total. The highest BCUT2D eigenvalue weighted by Gasteiger charge is 2.29. The fourth-order valence-electron chi connectivity index (χ4n) is 2.44. The SMILES string of the molecule is COc1cccc(OC)c1OC(=O)[C@@H](NC(=O)c1ccccc1F)C(C)C. The third kappa shape index (κ3) is 4.75. The van der Waals surface area contributed by atoms with Crippen LogP contribution in [0, 0.1) is 11.7 Å². The van der Waals surface area contributed by atoms with Gasteiger partial charge in [0.2, 0.25) is 5.75 Å². The van der Waals surface area contributed by atoms with E-state index < -0.39 is 23.7 Å². The highest BCUT2D eigenvalue weighted by Crippen LogP contribution is 2.37. The first kappa shape index (κ1) is 20.2. The lowest BCUT2D eigenvalue weighted by Crippen LogP contribution is -2.46. The van der Waals surface area contributed by atoms with E-state index in [1.165, 1.54) is 32.4 Å². The summed E-state index contributed by atoms with van der Waals surface area (Å²) in [6, 6.07) is 9.48. The predicted octanol–water partition coefficient (Wildman–Crippen LogP) is 3.20. The Morgan fingerprint density at radius 3 is 2.07 bits per heavy atom. The van der Waals surface area contributed by atoms with Crippen LogP contribution in [0.15, 0.2) is 42.5 Å². The van der Waals surface area contributed by atoms with Gasteiger partial charge in [0.1, 0.15) is 11.9 Å². The van der Waals surface area contributed by atoms with E-state index in [4.69, 9.17) is 14.2 Å². The van der Waals surface area contributed by atoms with E-state index in [1.54, 1.807) is 38.1 Å². The van der Waals surface area contributed by atoms with Gasteiger partial charge in [0.25, 0.3) is 5.91 Å². The van der Waals surface area contributed by atoms with Gasteiger partial charge in [-0.3, -0.25) is 4.79 Å². The van der Waals surface area contributed by atoms with E-state index in [1.807, 2.05) is 0 Å². The Balaban J connectivity index is 2.24. The Hall–Kier alpha value is -3.09. The lowest BCUT2D eigenvalue weighted by molar-refractivity contribution is -0.137. The standard InChI is InChI=1S/C20H22FNO5/c1-12(2)17(22-19(23)13-8-5-6-9-14(13)21)20(24)27-18-15(25-3)10-7-11-16(18)26-4/h5-12,17H,1-4H3,(H,22,23)/t17-/m0/s1. The maximum absolute atomic E-state index is 13.8. The van der Waals surface area contributed by atoms with Crippen LogP contribution in [0.1, 0.15) is 24.2 Å². The number of benzene rings is 2. The second-order valence-corrected chi connectivity index (χ2v) is 6.09. The minimum Gasteiger partial charge on any atom is -0.493 e. The monoisotopic (exact) mass is 375 g/mol. The van der Waals surface area contributed by atoms with Gasteiger partial charge in [-0.25, -0.2) is 9.18 Å². The summed E-state index contributed by atoms with van der Waals surface area (Å²) in [5.41, 5.74) is -0.147. The molecule has 0 spiro atoms. The number of nitrogens with one attached hydrogen (secondary N) is 1. The first-order chi connectivity index (χ1) is 12.9. The zero-order valence-electron chi connectivity index (χ0n) is 15.6. The fourth-order valence-corrected chi connectivity index (χ4v) is 2.44. The average Bonchev–Trinajstić information content (AvgIpc) is 2.65. The highest BCUT2D eigenvalue weighted by molar-refractivity contribution is 5.97. The molecule has 0 unspecified atom stereocenters. The zero-order chi connectivity index (χ0) is 20.0. The van der Waals surface area contributed by atoms with Gasteiger partial charge in [0.05, 0.1) is 19.8 Å². The van der Waals surface area contributed by atoms with Crippen molar-refractivity contribution >= 4 is 11.9 Å². The molecule has 0 aliphatic rings. The molecule has 0 bridgehead atoms. The lowest BCUT2D eigenvalue weighted by Gasteiger charge is -2.22. The molecule has 0 aliphatic heterocycles. The van der Waals surface area contributed by atoms with Crippen molar-refractivity contribution in [3.8, 4) is 17.2 Å². The van der Waals surface area contributed by atoms with Crippen LogP contribution in [0.25, 0.3) is 0 Å². The van der Waals surface area contributed by atoms with Gasteiger partial charge in [0, 0.05) is 0 Å². The van der Waals surface area contributed by atoms with Crippen molar-refractivity contribution in [2.45, 2.75) is 19.9 Å². The Morgan fingerprint density at radius 2 is 1.56 bits per heavy atom. The molecule has 2 rings (SSSR count). The molecule has 0 heterocycles. The first-order valence-corrected chi connectivity index (χ1v) is 8.37. The van der Waals surface area contributed by atoms with Gasteiger partial charge in [-0.1, -0.05) is 32.0 Å². The number of halogens is 1. The summed E-state index contributed by atoms with van der Waals surface area (Å²) >= 11 is 0. The maximum atomic E-state index is 13.8. The summed E-state index contributed by atoms with van der Waals surface area (Å²) in [5, 5.41) is 2.53. The van der Waals surface area contributed by atoms with Crippen molar-refractivity contribution in [3.05, 3.63) is 53.8 Å². The smallest absolute Gasteiger partial charge is 0.334 e. The minimum absolute atomic E-state index is 0.110. The average molecular weight is 375 g/mol. The zero-order valence-corrected chi connectivity index (χ0v) is 15.6. The summed E-state index contributed by atoms with van der Waals surface area (Å²) in [6.45, 7) is 3.49. The number of methoxy groups -OCH3 is 2. The van der Waals surface area contributed by atoms with Crippen LogP contribution < -0.4 is 19.5 Å². The molecule has 0 saturated carbocycles. The molecular weight excluding hydrogens is 353 g/mol. The van der Waals surface area contributed by atoms with Gasteiger partial charge < -0.3 is 19.5 Å². The summed E-state index contributed by atoms with van der Waals surface area (Å²) in [4.78, 5) is 25.1. The van der Waals surface area contributed by atoms with Crippen molar-refractivity contribution < 1.29 is 28.2 Å². The number of rotatable bonds is 7. The number of para-hydroxylation sites is 1. The fraction of sp³-hybridized carbons (Fsp3) is 0.300. The molecule has 27 heavy (non-hydrogen) atoms. The second kappa shape index (κ2) is 9.02. The minimum atomic E-state index is -0.994. The van der Waals surface area contributed by atoms with E-state index in [-0.39, 0.29) is 17.2 Å². The van der Waals surface area contributed by atoms with Crippen molar-refractivity contribution in [1.82, 2.24) is 5.32 Å². The number of ether oxygens (including phenoxy) is 3. The Labute approximate surface area is 157 Å². The van der Waals surface area contributed by atoms with Crippen molar-refractivity contribution in [3.63, 3.8) is 0 Å². The Kier molecular flexibility index (Phi) is 6.76. The van der Waals surface area contributed by atoms with Crippen LogP contribution in [-0.2, 0) is 4.79 Å². The van der Waals surface area contributed by atoms with Gasteiger partial charge in [-0.2, -0.15) is 0 Å². The van der Waals surface area contributed by atoms with Crippen LogP contribution in [-0.4, -0.2) is 32.1 Å². The Bertz CT molecular complexity index is 800. The quantitative estimate of drug-likeness (QED) is 0.594. The molecule has 0 radical (unpaired) electrons. The first-order valence-electron chi connectivity index (χ1n) is 8.37. The molecule has 144 valence electrons. The molecule has 1 atom stereocenters. The van der Waals surface area contributed by atoms with Crippen LogP contribution in [0.3, 0.4) is 0 Å². The van der Waals surface area contributed by atoms with Gasteiger partial charge >= 0.3 is 5.97 Å². The third-order valence-electron chi connectivity index (χ3n) is 3.91. The molecule has 1 N–H and O–H groups in total. The highest BCUT2D eigenvalue weighted by atomic mass is 19.1. The lowest BCUT2D eigenvalue weighted by atomic mass is 10.0. The van der Waals surface area contributed by atoms with E-state index in [2.05, 4.69) is 5.32 Å².